The SMILES string of the molecule is Fc1cc(C(F)(F)F)cc(C(Cc2ccccc2)(NCc2ccc(F)cc2Cl)c2ccc(Cl)cn2)c1. The monoisotopic (exact) mass is 536 g/mol. The van der Waals surface area contributed by atoms with Gasteiger partial charge in [-0.2, -0.15) is 13.2 Å². The fraction of sp³-hybridized carbons (Fsp3) is 0.148. The molecule has 0 aliphatic carbocycles. The van der Waals surface area contributed by atoms with Gasteiger partial charge >= 0.3 is 6.18 Å². The van der Waals surface area contributed by atoms with Crippen LogP contribution in [0.5, 0.6) is 0 Å². The standard InChI is InChI=1S/C27H19Cl2F5N2/c28-21-7-9-25(35-16-21)26(14-17-4-2-1-3-5-17,36-15-18-6-8-22(30)13-24(18)29)19-10-20(27(32,33)34)12-23(31)11-19/h1-13,16,36H,14-15H2. The molecule has 0 aliphatic heterocycles. The van der Waals surface area contributed by atoms with E-state index in [0.717, 1.165) is 23.8 Å². The van der Waals surface area contributed by atoms with Gasteiger partial charge < -0.3 is 0 Å². The molecule has 2 nitrogen and oxygen atoms in total. The number of pyridine rings is 1. The highest BCUT2D eigenvalue weighted by Gasteiger charge is 2.39. The minimum atomic E-state index is -4.77. The second kappa shape index (κ2) is 10.5. The smallest absolute Gasteiger partial charge is 0.298 e. The van der Waals surface area contributed by atoms with Crippen molar-refractivity contribution in [1.29, 1.82) is 0 Å². The molecule has 4 rings (SSSR count). The molecule has 0 saturated heterocycles. The predicted octanol–water partition coefficient (Wildman–Crippen LogP) is 7.96. The van der Waals surface area contributed by atoms with Crippen LogP contribution in [0.15, 0.2) is 85.1 Å². The molecular formula is C27H19Cl2F5N2. The second-order valence-electron chi connectivity index (χ2n) is 8.24. The van der Waals surface area contributed by atoms with E-state index in [1.54, 1.807) is 42.5 Å². The normalized spacial score (nSPS) is 13.4. The second-order valence-corrected chi connectivity index (χ2v) is 9.09. The Morgan fingerprint density at radius 3 is 2.14 bits per heavy atom. The minimum Gasteiger partial charge on any atom is -0.298 e. The number of hydrogen-bond donors (Lipinski definition) is 1. The van der Waals surface area contributed by atoms with Crippen molar-refractivity contribution in [2.45, 2.75) is 24.7 Å². The van der Waals surface area contributed by atoms with Crippen LogP contribution in [0.2, 0.25) is 10.0 Å². The molecule has 0 aliphatic rings. The number of halogens is 7. The summed E-state index contributed by atoms with van der Waals surface area (Å²) in [5.41, 5.74) is -1.00. The molecule has 3 aromatic carbocycles. The lowest BCUT2D eigenvalue weighted by atomic mass is 9.79. The van der Waals surface area contributed by atoms with Crippen molar-refractivity contribution in [3.8, 4) is 0 Å². The zero-order valence-electron chi connectivity index (χ0n) is 18.6. The van der Waals surface area contributed by atoms with Gasteiger partial charge in [-0.3, -0.25) is 10.3 Å². The molecule has 1 heterocycles. The third-order valence-electron chi connectivity index (χ3n) is 5.79. The van der Waals surface area contributed by atoms with Gasteiger partial charge in [-0.05, 0) is 59.2 Å². The molecule has 0 fully saturated rings. The molecule has 4 aromatic rings. The van der Waals surface area contributed by atoms with Crippen molar-refractivity contribution in [3.63, 3.8) is 0 Å². The van der Waals surface area contributed by atoms with Crippen molar-refractivity contribution >= 4 is 23.2 Å². The summed E-state index contributed by atoms with van der Waals surface area (Å²) >= 11 is 12.3. The Bertz CT molecular complexity index is 1340. The average Bonchev–Trinajstić information content (AvgIpc) is 2.83. The molecule has 0 amide bonds. The maximum absolute atomic E-state index is 14.6. The third kappa shape index (κ3) is 5.86. The first-order valence-electron chi connectivity index (χ1n) is 10.8. The van der Waals surface area contributed by atoms with Crippen molar-refractivity contribution in [2.75, 3.05) is 0 Å². The van der Waals surface area contributed by atoms with Crippen LogP contribution in [0, 0.1) is 11.6 Å². The Morgan fingerprint density at radius 2 is 1.50 bits per heavy atom. The first-order chi connectivity index (χ1) is 17.1. The van der Waals surface area contributed by atoms with E-state index in [9.17, 15) is 22.0 Å². The van der Waals surface area contributed by atoms with Gasteiger partial charge in [0.1, 0.15) is 11.6 Å². The maximum atomic E-state index is 14.6. The van der Waals surface area contributed by atoms with E-state index in [1.807, 2.05) is 0 Å². The molecule has 9 heteroatoms. The summed E-state index contributed by atoms with van der Waals surface area (Å²) in [4.78, 5) is 4.40. The van der Waals surface area contributed by atoms with Crippen molar-refractivity contribution in [3.05, 3.63) is 135 Å². The predicted molar refractivity (Wildman–Crippen MR) is 130 cm³/mol. The first-order valence-corrected chi connectivity index (χ1v) is 11.6. The summed E-state index contributed by atoms with van der Waals surface area (Å²) in [6.07, 6.45) is -3.29. The van der Waals surface area contributed by atoms with Gasteiger partial charge in [-0.1, -0.05) is 59.6 Å². The van der Waals surface area contributed by atoms with Gasteiger partial charge in [0, 0.05) is 24.2 Å². The summed E-state index contributed by atoms with van der Waals surface area (Å²) in [6.45, 7) is 0.0219. The fourth-order valence-electron chi connectivity index (χ4n) is 4.04. The summed E-state index contributed by atoms with van der Waals surface area (Å²) in [5, 5.41) is 3.73. The average molecular weight is 537 g/mol. The zero-order valence-corrected chi connectivity index (χ0v) is 20.1. The lowest BCUT2D eigenvalue weighted by Gasteiger charge is -2.36. The summed E-state index contributed by atoms with van der Waals surface area (Å²) in [7, 11) is 0. The molecule has 0 radical (unpaired) electrons. The van der Waals surface area contributed by atoms with Crippen LogP contribution >= 0.6 is 23.2 Å². The van der Waals surface area contributed by atoms with Crippen LogP contribution in [0.3, 0.4) is 0 Å². The van der Waals surface area contributed by atoms with Crippen LogP contribution < -0.4 is 5.32 Å². The molecule has 36 heavy (non-hydrogen) atoms. The number of nitrogens with one attached hydrogen (secondary N) is 1. The van der Waals surface area contributed by atoms with Crippen LogP contribution in [-0.4, -0.2) is 4.98 Å². The maximum Gasteiger partial charge on any atom is 0.416 e. The summed E-state index contributed by atoms with van der Waals surface area (Å²) in [6, 6.07) is 18.4. The van der Waals surface area contributed by atoms with E-state index in [0.29, 0.717) is 22.3 Å². The van der Waals surface area contributed by atoms with E-state index >= 15 is 0 Å². The van der Waals surface area contributed by atoms with Gasteiger partial charge in [0.2, 0.25) is 0 Å². The molecule has 1 N–H and O–H groups in total. The Balaban J connectivity index is 1.93. The Morgan fingerprint density at radius 1 is 0.778 bits per heavy atom. The van der Waals surface area contributed by atoms with E-state index < -0.39 is 28.9 Å². The van der Waals surface area contributed by atoms with E-state index in [4.69, 9.17) is 23.2 Å². The highest BCUT2D eigenvalue weighted by atomic mass is 35.5. The lowest BCUT2D eigenvalue weighted by Crippen LogP contribution is -2.46. The lowest BCUT2D eigenvalue weighted by molar-refractivity contribution is -0.137. The van der Waals surface area contributed by atoms with Gasteiger partial charge in [-0.25, -0.2) is 8.78 Å². The number of nitrogens with zero attached hydrogens (tertiary/aromatic N) is 1. The highest BCUT2D eigenvalue weighted by molar-refractivity contribution is 6.31. The molecule has 1 atom stereocenters. The molecule has 0 saturated carbocycles. The van der Waals surface area contributed by atoms with Crippen molar-refractivity contribution in [1.82, 2.24) is 10.3 Å². The number of aromatic nitrogens is 1. The summed E-state index contributed by atoms with van der Waals surface area (Å²) < 4.78 is 69.3. The van der Waals surface area contributed by atoms with E-state index in [-0.39, 0.29) is 23.6 Å². The molecule has 1 aromatic heterocycles. The van der Waals surface area contributed by atoms with Gasteiger partial charge in [-0.15, -0.1) is 0 Å². The minimum absolute atomic E-state index is 0.00624. The quantitative estimate of drug-likeness (QED) is 0.242. The molecule has 186 valence electrons. The van der Waals surface area contributed by atoms with Crippen molar-refractivity contribution < 1.29 is 22.0 Å². The number of rotatable bonds is 7. The van der Waals surface area contributed by atoms with Crippen LogP contribution in [0.1, 0.15) is 27.9 Å². The fourth-order valence-corrected chi connectivity index (χ4v) is 4.38. The Kier molecular flexibility index (Phi) is 7.64. The van der Waals surface area contributed by atoms with Crippen LogP contribution in [-0.2, 0) is 24.7 Å². The third-order valence-corrected chi connectivity index (χ3v) is 6.37. The largest absolute Gasteiger partial charge is 0.416 e. The van der Waals surface area contributed by atoms with Crippen LogP contribution in [0.4, 0.5) is 22.0 Å². The summed E-state index contributed by atoms with van der Waals surface area (Å²) in [5.74, 6) is -1.58. The van der Waals surface area contributed by atoms with Gasteiger partial charge in [0.25, 0.3) is 0 Å². The number of alkyl halides is 3. The zero-order chi connectivity index (χ0) is 25.9. The molecule has 1 unspecified atom stereocenters. The van der Waals surface area contributed by atoms with E-state index in [2.05, 4.69) is 10.3 Å². The van der Waals surface area contributed by atoms with Crippen LogP contribution in [0.25, 0.3) is 0 Å². The number of benzene rings is 3. The van der Waals surface area contributed by atoms with E-state index in [1.165, 1.54) is 18.3 Å². The Hall–Kier alpha value is -3.00. The van der Waals surface area contributed by atoms with Crippen molar-refractivity contribution in [2.24, 2.45) is 0 Å². The molecular weight excluding hydrogens is 518 g/mol. The van der Waals surface area contributed by atoms with Gasteiger partial charge in [0.05, 0.1) is 21.8 Å². The molecule has 0 bridgehead atoms. The first kappa shape index (κ1) is 26.1. The Labute approximate surface area is 214 Å². The number of hydrogen-bond acceptors (Lipinski definition) is 2. The van der Waals surface area contributed by atoms with Gasteiger partial charge in [0.15, 0.2) is 0 Å². The highest BCUT2D eigenvalue weighted by Crippen LogP contribution is 2.38. The molecule has 0 spiro atoms. The topological polar surface area (TPSA) is 24.9 Å².